The molecule has 0 saturated carbocycles. The first-order chi connectivity index (χ1) is 19.0. The number of imidazole rings is 1. The number of rotatable bonds is 18. The summed E-state index contributed by atoms with van der Waals surface area (Å²) >= 11 is 0. The third-order valence-corrected chi connectivity index (χ3v) is 7.26. The van der Waals surface area contributed by atoms with E-state index in [0.717, 1.165) is 19.3 Å². The number of H-pyrrole nitrogens is 1. The highest BCUT2D eigenvalue weighted by Gasteiger charge is 2.47. The number of nitrogens with two attached hydrogens (primary N) is 1. The van der Waals surface area contributed by atoms with Gasteiger partial charge in [-0.25, -0.2) is 9.78 Å². The summed E-state index contributed by atoms with van der Waals surface area (Å²) in [5, 5.41) is 22.9. The minimum atomic E-state index is -1.29. The number of aromatic amines is 1. The summed E-state index contributed by atoms with van der Waals surface area (Å²) in [5.41, 5.74) is 5.27. The van der Waals surface area contributed by atoms with E-state index in [1.807, 2.05) is 0 Å². The second-order valence-corrected chi connectivity index (χ2v) is 10.4. The van der Waals surface area contributed by atoms with Gasteiger partial charge < -0.3 is 30.7 Å². The van der Waals surface area contributed by atoms with Crippen molar-refractivity contribution < 1.29 is 24.5 Å². The summed E-state index contributed by atoms with van der Waals surface area (Å²) in [6.07, 6.45) is 13.7. The van der Waals surface area contributed by atoms with Gasteiger partial charge in [-0.05, 0) is 6.42 Å². The van der Waals surface area contributed by atoms with E-state index in [0.29, 0.717) is 6.54 Å². The van der Waals surface area contributed by atoms with Gasteiger partial charge in [0, 0.05) is 6.54 Å². The summed E-state index contributed by atoms with van der Waals surface area (Å²) in [4.78, 5) is 35.1. The van der Waals surface area contributed by atoms with Crippen LogP contribution in [0.2, 0.25) is 0 Å². The van der Waals surface area contributed by atoms with E-state index >= 15 is 0 Å². The van der Waals surface area contributed by atoms with Crippen molar-refractivity contribution in [1.82, 2.24) is 24.8 Å². The van der Waals surface area contributed by atoms with Gasteiger partial charge in [-0.15, -0.1) is 0 Å². The van der Waals surface area contributed by atoms with Crippen molar-refractivity contribution in [2.75, 3.05) is 18.9 Å². The monoisotopic (exact) mass is 550 g/mol. The highest BCUT2D eigenvalue weighted by Crippen LogP contribution is 2.33. The molecule has 2 aromatic heterocycles. The molecule has 6 N–H and O–H groups in total. The average Bonchev–Trinajstić information content (AvgIpc) is 3.47. The molecule has 1 fully saturated rings. The largest absolute Gasteiger partial charge is 0.439 e. The van der Waals surface area contributed by atoms with Gasteiger partial charge in [-0.2, -0.15) is 4.98 Å². The van der Waals surface area contributed by atoms with Gasteiger partial charge in [0.15, 0.2) is 23.5 Å². The number of amides is 1. The highest BCUT2D eigenvalue weighted by atomic mass is 16.6. The Morgan fingerprint density at radius 3 is 2.26 bits per heavy atom. The molecule has 0 aromatic carbocycles. The van der Waals surface area contributed by atoms with Crippen molar-refractivity contribution >= 4 is 23.2 Å². The van der Waals surface area contributed by atoms with Gasteiger partial charge in [0.25, 0.3) is 5.56 Å². The molecule has 0 radical (unpaired) electrons. The third kappa shape index (κ3) is 9.18. The van der Waals surface area contributed by atoms with E-state index in [2.05, 4.69) is 27.2 Å². The van der Waals surface area contributed by atoms with Crippen molar-refractivity contribution in [2.45, 2.75) is 121 Å². The van der Waals surface area contributed by atoms with Crippen LogP contribution in [0.25, 0.3) is 11.2 Å². The minimum Gasteiger partial charge on any atom is -0.439 e. The zero-order chi connectivity index (χ0) is 28.0. The first-order valence-corrected chi connectivity index (χ1v) is 14.6. The highest BCUT2D eigenvalue weighted by molar-refractivity contribution is 5.71. The van der Waals surface area contributed by atoms with E-state index in [9.17, 15) is 19.8 Å². The Labute approximate surface area is 229 Å². The summed E-state index contributed by atoms with van der Waals surface area (Å²) < 4.78 is 12.6. The summed E-state index contributed by atoms with van der Waals surface area (Å²) in [6.45, 7) is 2.22. The van der Waals surface area contributed by atoms with Crippen LogP contribution < -0.4 is 16.6 Å². The van der Waals surface area contributed by atoms with Crippen molar-refractivity contribution in [2.24, 2.45) is 0 Å². The summed E-state index contributed by atoms with van der Waals surface area (Å²) in [6, 6.07) is 0. The topological polar surface area (TPSA) is 178 Å². The number of fused-ring (bicyclic) bond motifs is 1. The van der Waals surface area contributed by atoms with Gasteiger partial charge in [0.05, 0.1) is 12.9 Å². The van der Waals surface area contributed by atoms with Crippen LogP contribution in [0.5, 0.6) is 0 Å². The van der Waals surface area contributed by atoms with Crippen LogP contribution in [-0.4, -0.2) is 67.3 Å². The Balaban J connectivity index is 1.34. The third-order valence-electron chi connectivity index (χ3n) is 7.26. The number of carbonyl (C=O) groups is 1. The number of anilines is 1. The second-order valence-electron chi connectivity index (χ2n) is 10.4. The fourth-order valence-electron chi connectivity index (χ4n) is 5.02. The van der Waals surface area contributed by atoms with Gasteiger partial charge in [-0.3, -0.25) is 14.3 Å². The van der Waals surface area contributed by atoms with Crippen LogP contribution in [0.3, 0.4) is 0 Å². The van der Waals surface area contributed by atoms with Crippen LogP contribution in [0.4, 0.5) is 10.7 Å². The lowest BCUT2D eigenvalue weighted by atomic mass is 10.0. The second kappa shape index (κ2) is 16.4. The van der Waals surface area contributed by atoms with E-state index in [-0.39, 0.29) is 17.1 Å². The van der Waals surface area contributed by atoms with E-state index in [1.54, 1.807) is 0 Å². The minimum absolute atomic E-state index is 0.0238. The van der Waals surface area contributed by atoms with Crippen LogP contribution in [0.1, 0.15) is 103 Å². The molecule has 0 aliphatic carbocycles. The van der Waals surface area contributed by atoms with Crippen LogP contribution in [0, 0.1) is 0 Å². The van der Waals surface area contributed by atoms with Gasteiger partial charge in [-0.1, -0.05) is 90.4 Å². The molecule has 0 spiro atoms. The fraction of sp³-hybridized carbons (Fsp3) is 0.778. The molecule has 39 heavy (non-hydrogen) atoms. The number of hydrogen-bond donors (Lipinski definition) is 5. The molecule has 1 aliphatic rings. The number of aliphatic hydroxyl groups excluding tert-OH is 2. The summed E-state index contributed by atoms with van der Waals surface area (Å²) in [5.74, 6) is -0.116. The molecule has 3 rings (SSSR count). The molecule has 1 saturated heterocycles. The lowest BCUT2D eigenvalue weighted by Gasteiger charge is -2.22. The Morgan fingerprint density at radius 2 is 1.67 bits per heavy atom. The smallest absolute Gasteiger partial charge is 0.407 e. The Kier molecular flexibility index (Phi) is 13.0. The predicted octanol–water partition coefficient (Wildman–Crippen LogP) is 3.53. The number of nitrogens with zero attached hydrogens (tertiary/aromatic N) is 3. The quantitative estimate of drug-likeness (QED) is 0.174. The van der Waals surface area contributed by atoms with Crippen molar-refractivity contribution in [3.63, 3.8) is 0 Å². The number of aromatic nitrogens is 4. The number of ether oxygens (including phenoxy) is 2. The maximum absolute atomic E-state index is 12.5. The molecule has 220 valence electrons. The lowest BCUT2D eigenvalue weighted by Crippen LogP contribution is -2.40. The normalized spacial score (nSPS) is 21.0. The number of nitrogen functional groups attached to an aromatic ring is 1. The molecule has 1 aliphatic heterocycles. The average molecular weight is 551 g/mol. The molecular formula is C27H46N6O6. The molecule has 12 nitrogen and oxygen atoms in total. The van der Waals surface area contributed by atoms with Gasteiger partial charge in [0.2, 0.25) is 5.95 Å². The molecule has 4 unspecified atom stereocenters. The molecule has 4 atom stereocenters. The Bertz CT molecular complexity index is 1060. The number of nitrogens with one attached hydrogen (secondary N) is 2. The molecular weight excluding hydrogens is 504 g/mol. The maximum Gasteiger partial charge on any atom is 0.407 e. The van der Waals surface area contributed by atoms with Crippen molar-refractivity contribution in [1.29, 1.82) is 0 Å². The first-order valence-electron chi connectivity index (χ1n) is 14.6. The zero-order valence-corrected chi connectivity index (χ0v) is 23.1. The zero-order valence-electron chi connectivity index (χ0n) is 23.1. The SMILES string of the molecule is CCCCCCCCCCCCCCCCNC(=O)OC1C(O)C(CO)OC1n1cnc2c(=O)[nH]c(N)nc21. The molecule has 1 amide bonds. The maximum atomic E-state index is 12.5. The van der Waals surface area contributed by atoms with Crippen LogP contribution in [0.15, 0.2) is 11.1 Å². The Hall–Kier alpha value is -2.70. The predicted molar refractivity (Wildman–Crippen MR) is 148 cm³/mol. The van der Waals surface area contributed by atoms with Gasteiger partial charge in [0.1, 0.15) is 12.2 Å². The molecule has 12 heteroatoms. The number of unbranched alkanes of at least 4 members (excludes halogenated alkanes) is 13. The number of alkyl carbamates (subject to hydrolysis) is 1. The Morgan fingerprint density at radius 1 is 1.08 bits per heavy atom. The van der Waals surface area contributed by atoms with Crippen molar-refractivity contribution in [3.05, 3.63) is 16.7 Å². The molecule has 0 bridgehead atoms. The van der Waals surface area contributed by atoms with Crippen LogP contribution in [-0.2, 0) is 9.47 Å². The molecule has 2 aromatic rings. The van der Waals surface area contributed by atoms with E-state index < -0.39 is 42.8 Å². The standard InChI is InChI=1S/C27H46N6O6/c1-2-3-4-5-6-7-8-9-10-11-12-13-14-15-16-29-27(37)39-22-21(35)19(17-34)38-25(22)33-18-30-20-23(33)31-26(28)32-24(20)36/h18-19,21-22,25,34-35H,2-17H2,1H3,(H,29,37)(H3,28,31,32,36). The fourth-order valence-corrected chi connectivity index (χ4v) is 5.02. The van der Waals surface area contributed by atoms with Crippen LogP contribution >= 0.6 is 0 Å². The first kappa shape index (κ1) is 30.8. The van der Waals surface area contributed by atoms with E-state index in [4.69, 9.17) is 15.2 Å². The number of aliphatic hydroxyl groups is 2. The lowest BCUT2D eigenvalue weighted by molar-refractivity contribution is -0.0529. The van der Waals surface area contributed by atoms with Gasteiger partial charge >= 0.3 is 6.09 Å². The number of carbonyl (C=O) groups excluding carboxylic acids is 1. The van der Waals surface area contributed by atoms with Crippen molar-refractivity contribution in [3.8, 4) is 0 Å². The summed E-state index contributed by atoms with van der Waals surface area (Å²) in [7, 11) is 0. The van der Waals surface area contributed by atoms with E-state index in [1.165, 1.54) is 81.5 Å². The number of hydrogen-bond acceptors (Lipinski definition) is 9. The molecule has 3 heterocycles.